The van der Waals surface area contributed by atoms with Crippen LogP contribution in [0.15, 0.2) is 48.7 Å². The van der Waals surface area contributed by atoms with Crippen LogP contribution >= 0.6 is 0 Å². The molecular weight excluding hydrogens is 290 g/mol. The number of aromatic nitrogens is 4. The molecule has 0 bridgehead atoms. The van der Waals surface area contributed by atoms with Crippen LogP contribution in [0.25, 0.3) is 11.4 Å². The number of nitrogens with zero attached hydrogens (tertiary/aromatic N) is 4. The summed E-state index contributed by atoms with van der Waals surface area (Å²) in [5.41, 5.74) is 2.20. The fourth-order valence-corrected chi connectivity index (χ4v) is 2.40. The van der Waals surface area contributed by atoms with E-state index in [-0.39, 0.29) is 6.61 Å². The number of anilines is 1. The summed E-state index contributed by atoms with van der Waals surface area (Å²) in [5, 5.41) is 20.6. The molecule has 118 valence electrons. The van der Waals surface area contributed by atoms with Crippen molar-refractivity contribution in [2.45, 2.75) is 13.0 Å². The molecule has 6 heteroatoms. The Morgan fingerprint density at radius 3 is 2.70 bits per heavy atom. The summed E-state index contributed by atoms with van der Waals surface area (Å²) in [6, 6.07) is 14.2. The van der Waals surface area contributed by atoms with E-state index >= 15 is 0 Å². The monoisotopic (exact) mass is 309 g/mol. The van der Waals surface area contributed by atoms with E-state index in [0.717, 1.165) is 24.3 Å². The molecular formula is C17H19N5O. The van der Waals surface area contributed by atoms with Crippen molar-refractivity contribution in [3.63, 3.8) is 0 Å². The first-order valence-electron chi connectivity index (χ1n) is 7.51. The smallest absolute Gasteiger partial charge is 0.163 e. The maximum Gasteiger partial charge on any atom is 0.163 e. The van der Waals surface area contributed by atoms with Gasteiger partial charge in [0.2, 0.25) is 0 Å². The van der Waals surface area contributed by atoms with Gasteiger partial charge in [-0.15, -0.1) is 10.2 Å². The van der Waals surface area contributed by atoms with E-state index in [0.29, 0.717) is 11.6 Å². The fourth-order valence-electron chi connectivity index (χ4n) is 2.40. The molecule has 23 heavy (non-hydrogen) atoms. The lowest BCUT2D eigenvalue weighted by molar-refractivity contribution is 0.267. The minimum Gasteiger partial charge on any atom is -0.388 e. The number of hydrogen-bond donors (Lipinski definition) is 2. The minimum atomic E-state index is -0.128. The summed E-state index contributed by atoms with van der Waals surface area (Å²) in [5.74, 6) is 2.05. The molecule has 0 aliphatic rings. The van der Waals surface area contributed by atoms with Crippen molar-refractivity contribution < 1.29 is 5.11 Å². The molecule has 0 fully saturated rings. The first-order valence-corrected chi connectivity index (χ1v) is 7.51. The average Bonchev–Trinajstić information content (AvgIpc) is 2.97. The van der Waals surface area contributed by atoms with Crippen LogP contribution in [0.2, 0.25) is 0 Å². The van der Waals surface area contributed by atoms with Gasteiger partial charge >= 0.3 is 0 Å². The third-order valence-corrected chi connectivity index (χ3v) is 3.69. The molecule has 3 aromatic rings. The summed E-state index contributed by atoms with van der Waals surface area (Å²) in [7, 11) is 1.84. The van der Waals surface area contributed by atoms with E-state index in [1.165, 1.54) is 5.56 Å². The first kappa shape index (κ1) is 15.2. The van der Waals surface area contributed by atoms with Crippen LogP contribution in [0, 0.1) is 0 Å². The van der Waals surface area contributed by atoms with Gasteiger partial charge in [-0.05, 0) is 24.1 Å². The Morgan fingerprint density at radius 2 is 1.96 bits per heavy atom. The van der Waals surface area contributed by atoms with Crippen molar-refractivity contribution in [1.82, 2.24) is 19.7 Å². The average molecular weight is 309 g/mol. The molecule has 0 aliphatic heterocycles. The van der Waals surface area contributed by atoms with Crippen LogP contribution in [0.3, 0.4) is 0 Å². The molecule has 2 heterocycles. The number of hydrogen-bond acceptors (Lipinski definition) is 5. The summed E-state index contributed by atoms with van der Waals surface area (Å²) in [6.45, 7) is 0.679. The Balaban J connectivity index is 1.69. The summed E-state index contributed by atoms with van der Waals surface area (Å²) in [4.78, 5) is 4.33. The number of aliphatic hydroxyl groups is 1. The zero-order valence-electron chi connectivity index (χ0n) is 13.0. The maximum absolute atomic E-state index is 9.21. The molecule has 0 unspecified atom stereocenters. The highest BCUT2D eigenvalue weighted by molar-refractivity contribution is 5.59. The van der Waals surface area contributed by atoms with Gasteiger partial charge in [-0.2, -0.15) is 0 Å². The quantitative estimate of drug-likeness (QED) is 0.728. The topological polar surface area (TPSA) is 75.9 Å². The van der Waals surface area contributed by atoms with Gasteiger partial charge in [0.05, 0.1) is 0 Å². The highest BCUT2D eigenvalue weighted by atomic mass is 16.3. The maximum atomic E-state index is 9.21. The summed E-state index contributed by atoms with van der Waals surface area (Å²) in [6.07, 6.45) is 2.68. The number of pyridine rings is 1. The number of benzene rings is 1. The Labute approximate surface area is 134 Å². The van der Waals surface area contributed by atoms with Crippen molar-refractivity contribution in [3.05, 3.63) is 60.0 Å². The Morgan fingerprint density at radius 1 is 1.13 bits per heavy atom. The molecule has 3 rings (SSSR count). The third-order valence-electron chi connectivity index (χ3n) is 3.69. The van der Waals surface area contributed by atoms with Gasteiger partial charge < -0.3 is 15.0 Å². The standard InChI is InChI=1S/C17H19N5O/c1-22-16(12-23)20-21-17(22)14-8-10-19-15(11-14)18-9-7-13-5-3-2-4-6-13/h2-6,8,10-11,23H,7,9,12H2,1H3,(H,18,19). The zero-order chi connectivity index (χ0) is 16.1. The van der Waals surface area contributed by atoms with Crippen LogP contribution < -0.4 is 5.32 Å². The van der Waals surface area contributed by atoms with E-state index in [2.05, 4.69) is 32.6 Å². The Kier molecular flexibility index (Phi) is 4.63. The molecule has 0 aliphatic carbocycles. The van der Waals surface area contributed by atoms with Gasteiger partial charge in [-0.25, -0.2) is 4.98 Å². The van der Waals surface area contributed by atoms with E-state index in [1.807, 2.05) is 37.4 Å². The van der Waals surface area contributed by atoms with Crippen molar-refractivity contribution in [3.8, 4) is 11.4 Å². The van der Waals surface area contributed by atoms with Gasteiger partial charge in [0.15, 0.2) is 11.6 Å². The predicted molar refractivity (Wildman–Crippen MR) is 88.8 cm³/mol. The van der Waals surface area contributed by atoms with Gasteiger partial charge in [0.1, 0.15) is 12.4 Å². The van der Waals surface area contributed by atoms with E-state index < -0.39 is 0 Å². The second-order valence-corrected chi connectivity index (χ2v) is 5.25. The zero-order valence-corrected chi connectivity index (χ0v) is 13.0. The van der Waals surface area contributed by atoms with Gasteiger partial charge in [-0.3, -0.25) is 0 Å². The van der Waals surface area contributed by atoms with Crippen molar-refractivity contribution in [2.24, 2.45) is 7.05 Å². The number of aliphatic hydroxyl groups excluding tert-OH is 1. The lowest BCUT2D eigenvalue weighted by atomic mass is 10.1. The normalized spacial score (nSPS) is 10.7. The summed E-state index contributed by atoms with van der Waals surface area (Å²) >= 11 is 0. The molecule has 1 aromatic carbocycles. The molecule has 0 saturated carbocycles. The predicted octanol–water partition coefficient (Wildman–Crippen LogP) is 2.02. The van der Waals surface area contributed by atoms with Gasteiger partial charge in [0.25, 0.3) is 0 Å². The van der Waals surface area contributed by atoms with E-state index in [1.54, 1.807) is 10.8 Å². The number of rotatable bonds is 6. The van der Waals surface area contributed by atoms with Crippen LogP contribution in [-0.4, -0.2) is 31.4 Å². The molecule has 0 radical (unpaired) electrons. The lowest BCUT2D eigenvalue weighted by Crippen LogP contribution is -2.06. The second-order valence-electron chi connectivity index (χ2n) is 5.25. The molecule has 2 N–H and O–H groups in total. The first-order chi connectivity index (χ1) is 11.3. The highest BCUT2D eigenvalue weighted by Gasteiger charge is 2.10. The Bertz CT molecular complexity index is 770. The van der Waals surface area contributed by atoms with Crippen LogP contribution in [-0.2, 0) is 20.1 Å². The molecule has 0 saturated heterocycles. The van der Waals surface area contributed by atoms with Crippen LogP contribution in [0.5, 0.6) is 0 Å². The Hall–Kier alpha value is -2.73. The summed E-state index contributed by atoms with van der Waals surface area (Å²) < 4.78 is 1.78. The molecule has 2 aromatic heterocycles. The molecule has 0 atom stereocenters. The van der Waals surface area contributed by atoms with Crippen LogP contribution in [0.4, 0.5) is 5.82 Å². The SMILES string of the molecule is Cn1c(CO)nnc1-c1ccnc(NCCc2ccccc2)c1. The van der Waals surface area contributed by atoms with E-state index in [9.17, 15) is 5.11 Å². The minimum absolute atomic E-state index is 0.128. The van der Waals surface area contributed by atoms with E-state index in [4.69, 9.17) is 0 Å². The highest BCUT2D eigenvalue weighted by Crippen LogP contribution is 2.19. The van der Waals surface area contributed by atoms with Crippen LogP contribution in [0.1, 0.15) is 11.4 Å². The molecule has 0 amide bonds. The fraction of sp³-hybridized carbons (Fsp3) is 0.235. The van der Waals surface area contributed by atoms with Gasteiger partial charge in [0, 0.05) is 25.4 Å². The second kappa shape index (κ2) is 7.02. The molecule has 6 nitrogen and oxygen atoms in total. The third kappa shape index (κ3) is 3.54. The van der Waals surface area contributed by atoms with Gasteiger partial charge in [-0.1, -0.05) is 30.3 Å². The van der Waals surface area contributed by atoms with Crippen molar-refractivity contribution in [1.29, 1.82) is 0 Å². The van der Waals surface area contributed by atoms with Crippen molar-refractivity contribution in [2.75, 3.05) is 11.9 Å². The lowest BCUT2D eigenvalue weighted by Gasteiger charge is -2.08. The number of nitrogens with one attached hydrogen (secondary N) is 1. The van der Waals surface area contributed by atoms with Crippen molar-refractivity contribution >= 4 is 5.82 Å². The largest absolute Gasteiger partial charge is 0.388 e. The molecule has 0 spiro atoms.